The Labute approximate surface area is 229 Å². The summed E-state index contributed by atoms with van der Waals surface area (Å²) in [5, 5.41) is 4.60. The molecule has 0 aliphatic carbocycles. The number of rotatable bonds is 7. The number of carbonyl (C=O) groups is 1. The summed E-state index contributed by atoms with van der Waals surface area (Å²) in [5.74, 6) is -1.24. The number of carbonyl (C=O) groups excluding carboxylic acids is 1. The largest absolute Gasteiger partial charge is 0.464 e. The van der Waals surface area contributed by atoms with E-state index in [9.17, 15) is 4.79 Å². The van der Waals surface area contributed by atoms with E-state index in [1.807, 2.05) is 26.0 Å². The van der Waals surface area contributed by atoms with Crippen molar-refractivity contribution in [3.8, 4) is 0 Å². The van der Waals surface area contributed by atoms with E-state index in [1.54, 1.807) is 5.38 Å². The summed E-state index contributed by atoms with van der Waals surface area (Å²) in [6, 6.07) is 21.1. The highest BCUT2D eigenvalue weighted by molar-refractivity contribution is 7.09. The molecule has 5 rings (SSSR count). The molecule has 1 unspecified atom stereocenters. The van der Waals surface area contributed by atoms with Gasteiger partial charge in [-0.2, -0.15) is 0 Å². The van der Waals surface area contributed by atoms with E-state index in [2.05, 4.69) is 74.3 Å². The third-order valence-corrected chi connectivity index (χ3v) is 13.1. The molecule has 9 heteroatoms. The second-order valence-electron chi connectivity index (χ2n) is 11.2. The first-order valence-corrected chi connectivity index (χ1v) is 15.6. The number of thiazole rings is 1. The Bertz CT molecular complexity index is 1220. The first-order chi connectivity index (χ1) is 18.1. The lowest BCUT2D eigenvalue weighted by atomic mass is 10.1. The summed E-state index contributed by atoms with van der Waals surface area (Å²) in [5.41, 5.74) is 0.262. The number of fused-ring (bicyclic) bond motifs is 1. The molecule has 202 valence electrons. The molecule has 2 aromatic carbocycles. The van der Waals surface area contributed by atoms with Gasteiger partial charge in [-0.15, -0.1) is 11.3 Å². The van der Waals surface area contributed by atoms with Gasteiger partial charge in [0, 0.05) is 5.38 Å². The summed E-state index contributed by atoms with van der Waals surface area (Å²) in [6.07, 6.45) is -1.55. The van der Waals surface area contributed by atoms with Crippen LogP contribution < -0.4 is 10.4 Å². The van der Waals surface area contributed by atoms with Crippen LogP contribution in [-0.2, 0) is 23.4 Å². The van der Waals surface area contributed by atoms with Crippen LogP contribution in [0.4, 0.5) is 0 Å². The molecule has 2 aliphatic rings. The van der Waals surface area contributed by atoms with E-state index >= 15 is 0 Å². The van der Waals surface area contributed by atoms with Crippen molar-refractivity contribution in [1.82, 2.24) is 4.98 Å². The highest BCUT2D eigenvalue weighted by Gasteiger charge is 2.58. The predicted octanol–water partition coefficient (Wildman–Crippen LogP) is 4.47. The van der Waals surface area contributed by atoms with Gasteiger partial charge in [0.15, 0.2) is 11.5 Å². The normalized spacial score (nSPS) is 24.8. The van der Waals surface area contributed by atoms with Crippen LogP contribution in [0.1, 0.15) is 56.2 Å². The smallest absolute Gasteiger partial charge is 0.357 e. The maximum Gasteiger partial charge on any atom is 0.357 e. The summed E-state index contributed by atoms with van der Waals surface area (Å²) in [4.78, 5) is 16.5. The van der Waals surface area contributed by atoms with Crippen molar-refractivity contribution in [1.29, 1.82) is 0 Å². The topological polar surface area (TPSA) is 76.1 Å². The highest BCUT2D eigenvalue weighted by Crippen LogP contribution is 2.46. The monoisotopic (exact) mass is 553 g/mol. The van der Waals surface area contributed by atoms with Crippen molar-refractivity contribution in [2.24, 2.45) is 0 Å². The quantitative estimate of drug-likeness (QED) is 0.316. The molecule has 2 aliphatic heterocycles. The summed E-state index contributed by atoms with van der Waals surface area (Å²) >= 11 is 1.36. The summed E-state index contributed by atoms with van der Waals surface area (Å²) < 4.78 is 31.2. The molecule has 0 bridgehead atoms. The standard InChI is InChI=1S/C29H35NO6SSi/c1-28(2,3)38(19-13-9-7-10-14-19,20-15-11-8-12-16-20)33-17-22-23-24(36-29(4,5)35-23)25(34-22)26-30-21(18-37-26)27(31)32-6/h7-16,18,22-25H,17H2,1-6H3/t22-,23+,24?,25-/m1/s1. The van der Waals surface area contributed by atoms with Crippen molar-refractivity contribution in [2.45, 2.75) is 69.9 Å². The Kier molecular flexibility index (Phi) is 7.36. The van der Waals surface area contributed by atoms with E-state index in [0.29, 0.717) is 11.6 Å². The predicted molar refractivity (Wildman–Crippen MR) is 148 cm³/mol. The molecule has 7 nitrogen and oxygen atoms in total. The van der Waals surface area contributed by atoms with Gasteiger partial charge < -0.3 is 23.4 Å². The van der Waals surface area contributed by atoms with Crippen LogP contribution in [0, 0.1) is 0 Å². The highest BCUT2D eigenvalue weighted by atomic mass is 32.1. The zero-order valence-corrected chi connectivity index (χ0v) is 24.5. The van der Waals surface area contributed by atoms with Crippen LogP contribution in [0.2, 0.25) is 5.04 Å². The number of benzene rings is 2. The maximum absolute atomic E-state index is 12.0. The van der Waals surface area contributed by atoms with Crippen molar-refractivity contribution < 1.29 is 28.2 Å². The van der Waals surface area contributed by atoms with Gasteiger partial charge in [0.25, 0.3) is 8.32 Å². The molecule has 4 atom stereocenters. The van der Waals surface area contributed by atoms with E-state index in [0.717, 1.165) is 0 Å². The summed E-state index contributed by atoms with van der Waals surface area (Å²) in [6.45, 7) is 10.9. The molecular formula is C29H35NO6SSi. The number of esters is 1. The zero-order valence-electron chi connectivity index (χ0n) is 22.7. The molecule has 1 aromatic heterocycles. The van der Waals surface area contributed by atoms with Crippen LogP contribution in [-0.4, -0.2) is 57.1 Å². The molecular weight excluding hydrogens is 518 g/mol. The van der Waals surface area contributed by atoms with Crippen LogP contribution in [0.3, 0.4) is 0 Å². The van der Waals surface area contributed by atoms with Crippen molar-refractivity contribution in [2.75, 3.05) is 13.7 Å². The summed E-state index contributed by atoms with van der Waals surface area (Å²) in [7, 11) is -1.42. The third-order valence-electron chi connectivity index (χ3n) is 7.19. The molecule has 0 spiro atoms. The van der Waals surface area contributed by atoms with E-state index < -0.39 is 26.2 Å². The van der Waals surface area contributed by atoms with Gasteiger partial charge in [-0.1, -0.05) is 81.4 Å². The lowest BCUT2D eigenvalue weighted by Gasteiger charge is -2.43. The number of aromatic nitrogens is 1. The molecule has 2 fully saturated rings. The minimum absolute atomic E-state index is 0.163. The SMILES string of the molecule is COC(=O)c1csc([C@@H]2O[C@H](CO[Si](c3ccccc3)(c3ccccc3)C(C)(C)C)[C@@H]3OC(C)(C)OC32)n1. The average molecular weight is 554 g/mol. The molecule has 3 heterocycles. The lowest BCUT2D eigenvalue weighted by molar-refractivity contribution is -0.190. The molecule has 3 aromatic rings. The minimum atomic E-state index is -2.76. The van der Waals surface area contributed by atoms with Gasteiger partial charge in [0.05, 0.1) is 13.7 Å². The first kappa shape index (κ1) is 27.2. The number of hydrogen-bond acceptors (Lipinski definition) is 8. The second kappa shape index (κ2) is 10.3. The van der Waals surface area contributed by atoms with Gasteiger partial charge in [0.1, 0.15) is 29.4 Å². The Hall–Kier alpha value is -2.40. The van der Waals surface area contributed by atoms with Gasteiger partial charge in [-0.25, -0.2) is 9.78 Å². The lowest BCUT2D eigenvalue weighted by Crippen LogP contribution is -2.67. The first-order valence-electron chi connectivity index (χ1n) is 12.9. The number of hydrogen-bond donors (Lipinski definition) is 0. The van der Waals surface area contributed by atoms with Crippen molar-refractivity contribution in [3.05, 3.63) is 76.7 Å². The fraction of sp³-hybridized carbons (Fsp3) is 0.448. The van der Waals surface area contributed by atoms with E-state index in [-0.39, 0.29) is 29.0 Å². The third kappa shape index (κ3) is 4.87. The van der Waals surface area contributed by atoms with E-state index in [1.165, 1.54) is 28.8 Å². The Morgan fingerprint density at radius 1 is 1.00 bits per heavy atom. The molecule has 0 radical (unpaired) electrons. The Morgan fingerprint density at radius 3 is 2.13 bits per heavy atom. The molecule has 0 saturated carbocycles. The van der Waals surface area contributed by atoms with Crippen LogP contribution in [0.5, 0.6) is 0 Å². The zero-order chi connectivity index (χ0) is 27.1. The van der Waals surface area contributed by atoms with E-state index in [4.69, 9.17) is 23.4 Å². The fourth-order valence-corrected chi connectivity index (χ4v) is 11.0. The van der Waals surface area contributed by atoms with Gasteiger partial charge in [-0.05, 0) is 29.3 Å². The van der Waals surface area contributed by atoms with Crippen LogP contribution in [0.25, 0.3) is 0 Å². The number of ether oxygens (including phenoxy) is 4. The van der Waals surface area contributed by atoms with Crippen LogP contribution in [0.15, 0.2) is 66.0 Å². The van der Waals surface area contributed by atoms with Crippen molar-refractivity contribution >= 4 is 36.0 Å². The number of nitrogens with zero attached hydrogens (tertiary/aromatic N) is 1. The average Bonchev–Trinajstić information content (AvgIpc) is 3.58. The van der Waals surface area contributed by atoms with Crippen LogP contribution >= 0.6 is 11.3 Å². The Morgan fingerprint density at radius 2 is 1.58 bits per heavy atom. The molecule has 0 amide bonds. The Balaban J connectivity index is 1.48. The van der Waals surface area contributed by atoms with Gasteiger partial charge in [-0.3, -0.25) is 0 Å². The maximum atomic E-state index is 12.0. The molecule has 38 heavy (non-hydrogen) atoms. The van der Waals surface area contributed by atoms with Crippen molar-refractivity contribution in [3.63, 3.8) is 0 Å². The van der Waals surface area contributed by atoms with Gasteiger partial charge in [0.2, 0.25) is 0 Å². The number of methoxy groups -OCH3 is 1. The fourth-order valence-electron chi connectivity index (χ4n) is 5.60. The minimum Gasteiger partial charge on any atom is -0.464 e. The van der Waals surface area contributed by atoms with Gasteiger partial charge >= 0.3 is 5.97 Å². The molecule has 0 N–H and O–H groups in total. The molecule has 2 saturated heterocycles. The second-order valence-corrected chi connectivity index (χ2v) is 16.4.